The molecule has 0 amide bonds. The van der Waals surface area contributed by atoms with Crippen LogP contribution in [0.25, 0.3) is 0 Å². The number of nitrogens with zero attached hydrogens (tertiary/aromatic N) is 1. The first kappa shape index (κ1) is 12.2. The maximum atomic E-state index is 5.97. The maximum absolute atomic E-state index is 5.97. The Labute approximate surface area is 109 Å². The Bertz CT molecular complexity index is 409. The lowest BCUT2D eigenvalue weighted by molar-refractivity contribution is 0.0340. The van der Waals surface area contributed by atoms with Crippen LogP contribution in [0.15, 0.2) is 24.3 Å². The van der Waals surface area contributed by atoms with Crippen molar-refractivity contribution in [3.8, 4) is 0 Å². The second kappa shape index (κ2) is 5.00. The average Bonchev–Trinajstić information content (AvgIpc) is 3.22. The second-order valence-corrected chi connectivity index (χ2v) is 5.53. The van der Waals surface area contributed by atoms with E-state index in [1.54, 1.807) is 0 Å². The van der Waals surface area contributed by atoms with Gasteiger partial charge < -0.3 is 10.5 Å². The number of benzene rings is 1. The molecule has 1 saturated heterocycles. The van der Waals surface area contributed by atoms with E-state index in [4.69, 9.17) is 10.5 Å². The Hall–Kier alpha value is -0.900. The Morgan fingerprint density at radius 2 is 1.89 bits per heavy atom. The summed E-state index contributed by atoms with van der Waals surface area (Å²) in [6, 6.07) is 8.83. The van der Waals surface area contributed by atoms with Gasteiger partial charge in [-0.3, -0.25) is 4.90 Å². The number of nitrogens with two attached hydrogens (primary N) is 1. The van der Waals surface area contributed by atoms with Crippen LogP contribution in [0.4, 0.5) is 0 Å². The molecule has 0 aromatic heterocycles. The van der Waals surface area contributed by atoms with E-state index in [1.165, 1.54) is 24.0 Å². The van der Waals surface area contributed by atoms with Crippen molar-refractivity contribution in [2.45, 2.75) is 24.8 Å². The molecule has 1 aliphatic heterocycles. The molecule has 2 fully saturated rings. The van der Waals surface area contributed by atoms with E-state index in [-0.39, 0.29) is 0 Å². The van der Waals surface area contributed by atoms with Gasteiger partial charge >= 0.3 is 0 Å². The van der Waals surface area contributed by atoms with Crippen molar-refractivity contribution in [3.05, 3.63) is 35.4 Å². The molecule has 98 valence electrons. The predicted molar refractivity (Wildman–Crippen MR) is 72.5 cm³/mol. The van der Waals surface area contributed by atoms with Gasteiger partial charge in [-0.15, -0.1) is 0 Å². The van der Waals surface area contributed by atoms with Crippen molar-refractivity contribution in [2.24, 2.45) is 5.73 Å². The minimum atomic E-state index is 0.295. The van der Waals surface area contributed by atoms with Crippen LogP contribution in [0.5, 0.6) is 0 Å². The molecule has 0 bridgehead atoms. The standard InChI is InChI=1S/C15H22N2O/c16-12-15(5-6-15)14-4-2-1-3-13(14)11-17-7-9-18-10-8-17/h1-4H,5-12,16H2. The van der Waals surface area contributed by atoms with Gasteiger partial charge in [0.15, 0.2) is 0 Å². The summed E-state index contributed by atoms with van der Waals surface area (Å²) in [6.07, 6.45) is 2.51. The molecule has 1 aromatic carbocycles. The molecule has 1 aliphatic carbocycles. The predicted octanol–water partition coefficient (Wildman–Crippen LogP) is 1.51. The number of ether oxygens (including phenoxy) is 1. The molecule has 2 N–H and O–H groups in total. The van der Waals surface area contributed by atoms with E-state index in [0.29, 0.717) is 5.41 Å². The molecule has 0 radical (unpaired) electrons. The lowest BCUT2D eigenvalue weighted by atomic mass is 9.91. The number of morpholine rings is 1. The van der Waals surface area contributed by atoms with E-state index in [2.05, 4.69) is 29.2 Å². The largest absolute Gasteiger partial charge is 0.379 e. The summed E-state index contributed by atoms with van der Waals surface area (Å²) >= 11 is 0. The first-order valence-electron chi connectivity index (χ1n) is 6.93. The lowest BCUT2D eigenvalue weighted by Gasteiger charge is -2.28. The molecular formula is C15H22N2O. The molecule has 18 heavy (non-hydrogen) atoms. The number of hydrogen-bond acceptors (Lipinski definition) is 3. The van der Waals surface area contributed by atoms with E-state index < -0.39 is 0 Å². The quantitative estimate of drug-likeness (QED) is 0.875. The van der Waals surface area contributed by atoms with E-state index in [1.807, 2.05) is 0 Å². The van der Waals surface area contributed by atoms with Crippen molar-refractivity contribution in [1.29, 1.82) is 0 Å². The zero-order valence-electron chi connectivity index (χ0n) is 10.9. The summed E-state index contributed by atoms with van der Waals surface area (Å²) in [6.45, 7) is 5.65. The zero-order valence-corrected chi connectivity index (χ0v) is 10.9. The molecule has 3 heteroatoms. The van der Waals surface area contributed by atoms with Crippen LogP contribution in [0.3, 0.4) is 0 Å². The first-order chi connectivity index (χ1) is 8.84. The lowest BCUT2D eigenvalue weighted by Crippen LogP contribution is -2.36. The van der Waals surface area contributed by atoms with Gasteiger partial charge in [-0.25, -0.2) is 0 Å². The summed E-state index contributed by atoms with van der Waals surface area (Å²) in [5.74, 6) is 0. The molecule has 3 nitrogen and oxygen atoms in total. The average molecular weight is 246 g/mol. The molecular weight excluding hydrogens is 224 g/mol. The van der Waals surface area contributed by atoms with E-state index in [0.717, 1.165) is 39.4 Å². The van der Waals surface area contributed by atoms with Crippen molar-refractivity contribution in [3.63, 3.8) is 0 Å². The molecule has 3 rings (SSSR count). The summed E-state index contributed by atoms with van der Waals surface area (Å²) in [5, 5.41) is 0. The molecule has 0 spiro atoms. The highest BCUT2D eigenvalue weighted by Crippen LogP contribution is 2.48. The topological polar surface area (TPSA) is 38.5 Å². The molecule has 0 unspecified atom stereocenters. The summed E-state index contributed by atoms with van der Waals surface area (Å²) in [7, 11) is 0. The third kappa shape index (κ3) is 2.30. The fraction of sp³-hybridized carbons (Fsp3) is 0.600. The monoisotopic (exact) mass is 246 g/mol. The van der Waals surface area contributed by atoms with Crippen LogP contribution >= 0.6 is 0 Å². The number of hydrogen-bond donors (Lipinski definition) is 1. The van der Waals surface area contributed by atoms with Gasteiger partial charge in [0.05, 0.1) is 13.2 Å². The minimum Gasteiger partial charge on any atom is -0.379 e. The highest BCUT2D eigenvalue weighted by molar-refractivity contribution is 5.39. The van der Waals surface area contributed by atoms with Crippen LogP contribution in [-0.2, 0) is 16.7 Å². The van der Waals surface area contributed by atoms with Gasteiger partial charge in [-0.2, -0.15) is 0 Å². The molecule has 0 atom stereocenters. The van der Waals surface area contributed by atoms with Gasteiger partial charge in [-0.1, -0.05) is 24.3 Å². The highest BCUT2D eigenvalue weighted by Gasteiger charge is 2.44. The van der Waals surface area contributed by atoms with Crippen molar-refractivity contribution in [1.82, 2.24) is 4.90 Å². The second-order valence-electron chi connectivity index (χ2n) is 5.53. The fourth-order valence-corrected chi connectivity index (χ4v) is 2.91. The van der Waals surface area contributed by atoms with Gasteiger partial charge in [0.2, 0.25) is 0 Å². The van der Waals surface area contributed by atoms with E-state index in [9.17, 15) is 0 Å². The fourth-order valence-electron chi connectivity index (χ4n) is 2.91. The normalized spacial score (nSPS) is 22.9. The molecule has 1 heterocycles. The maximum Gasteiger partial charge on any atom is 0.0594 e. The highest BCUT2D eigenvalue weighted by atomic mass is 16.5. The Morgan fingerprint density at radius 3 is 2.56 bits per heavy atom. The van der Waals surface area contributed by atoms with Crippen LogP contribution in [-0.4, -0.2) is 37.7 Å². The van der Waals surface area contributed by atoms with E-state index >= 15 is 0 Å². The van der Waals surface area contributed by atoms with Crippen molar-refractivity contribution in [2.75, 3.05) is 32.8 Å². The summed E-state index contributed by atoms with van der Waals surface area (Å²) in [4.78, 5) is 2.48. The van der Waals surface area contributed by atoms with Crippen LogP contribution in [0.2, 0.25) is 0 Å². The third-order valence-corrected chi connectivity index (χ3v) is 4.33. The van der Waals surface area contributed by atoms with Crippen molar-refractivity contribution >= 4 is 0 Å². The molecule has 1 saturated carbocycles. The molecule has 1 aromatic rings. The van der Waals surface area contributed by atoms with Crippen LogP contribution in [0, 0.1) is 0 Å². The summed E-state index contributed by atoms with van der Waals surface area (Å²) in [5.41, 5.74) is 9.21. The SMILES string of the molecule is NCC1(c2ccccc2CN2CCOCC2)CC1. The first-order valence-corrected chi connectivity index (χ1v) is 6.93. The van der Waals surface area contributed by atoms with Gasteiger partial charge in [-0.05, 0) is 24.0 Å². The Balaban J connectivity index is 1.79. The van der Waals surface area contributed by atoms with Crippen LogP contribution in [0.1, 0.15) is 24.0 Å². The zero-order chi connectivity index (χ0) is 12.4. The minimum absolute atomic E-state index is 0.295. The van der Waals surface area contributed by atoms with Crippen molar-refractivity contribution < 1.29 is 4.74 Å². The molecule has 2 aliphatic rings. The summed E-state index contributed by atoms with van der Waals surface area (Å²) < 4.78 is 5.41. The third-order valence-electron chi connectivity index (χ3n) is 4.33. The van der Waals surface area contributed by atoms with Gasteiger partial charge in [0, 0.05) is 31.6 Å². The Kier molecular flexibility index (Phi) is 3.37. The van der Waals surface area contributed by atoms with Crippen LogP contribution < -0.4 is 5.73 Å². The smallest absolute Gasteiger partial charge is 0.0594 e. The number of rotatable bonds is 4. The van der Waals surface area contributed by atoms with Gasteiger partial charge in [0.25, 0.3) is 0 Å². The Morgan fingerprint density at radius 1 is 1.17 bits per heavy atom. The van der Waals surface area contributed by atoms with Gasteiger partial charge in [0.1, 0.15) is 0 Å².